The fraction of sp³-hybridized carbons (Fsp3) is 0.488. The van der Waals surface area contributed by atoms with Crippen LogP contribution < -0.4 is 0 Å². The maximum absolute atomic E-state index is 14.5. The Morgan fingerprint density at radius 1 is 0.729 bits per heavy atom. The van der Waals surface area contributed by atoms with Gasteiger partial charge in [-0.1, -0.05) is 139 Å². The first-order chi connectivity index (χ1) is 23.3. The number of benzene rings is 2. The van der Waals surface area contributed by atoms with Crippen molar-refractivity contribution in [1.29, 1.82) is 0 Å². The van der Waals surface area contributed by atoms with E-state index < -0.39 is 41.6 Å². The van der Waals surface area contributed by atoms with Crippen LogP contribution in [0.4, 0.5) is 8.78 Å². The van der Waals surface area contributed by atoms with Gasteiger partial charge in [0.15, 0.2) is 5.78 Å². The first-order valence-electron chi connectivity index (χ1n) is 17.9. The number of carboxylic acid groups (broad SMARTS) is 1. The summed E-state index contributed by atoms with van der Waals surface area (Å²) >= 11 is 0. The van der Waals surface area contributed by atoms with E-state index >= 15 is 0 Å². The summed E-state index contributed by atoms with van der Waals surface area (Å²) in [5.74, 6) is -3.92. The fourth-order valence-electron chi connectivity index (χ4n) is 6.13. The Morgan fingerprint density at radius 2 is 1.17 bits per heavy atom. The van der Waals surface area contributed by atoms with Crippen molar-refractivity contribution in [2.75, 3.05) is 13.1 Å². The Hall–Kier alpha value is -3.87. The highest BCUT2D eigenvalue weighted by Crippen LogP contribution is 2.26. The number of unbranched alkanes of at least 4 members (excludes halogenated alkanes) is 14. The molecule has 1 N–H and O–H groups in total. The van der Waals surface area contributed by atoms with Gasteiger partial charge in [-0.15, -0.1) is 0 Å². The highest BCUT2D eigenvalue weighted by Gasteiger charge is 2.33. The van der Waals surface area contributed by atoms with Crippen molar-refractivity contribution in [3.63, 3.8) is 0 Å². The van der Waals surface area contributed by atoms with Crippen LogP contribution in [0, 0.1) is 17.6 Å². The van der Waals surface area contributed by atoms with Crippen molar-refractivity contribution in [3.8, 4) is 0 Å². The van der Waals surface area contributed by atoms with Gasteiger partial charge in [0, 0.05) is 35.4 Å². The van der Waals surface area contributed by atoms with Gasteiger partial charge in [0.05, 0.1) is 12.3 Å². The van der Waals surface area contributed by atoms with E-state index in [1.807, 2.05) is 6.08 Å². The lowest BCUT2D eigenvalue weighted by molar-refractivity contribution is -0.143. The third-order valence-corrected chi connectivity index (χ3v) is 8.89. The second kappa shape index (κ2) is 21.9. The molecule has 0 spiro atoms. The second-order valence-electron chi connectivity index (χ2n) is 12.9. The Bertz CT molecular complexity index is 1350. The van der Waals surface area contributed by atoms with Gasteiger partial charge >= 0.3 is 5.97 Å². The number of amides is 1. The van der Waals surface area contributed by atoms with Crippen LogP contribution in [-0.2, 0) is 14.4 Å². The standard InChI is InChI=1S/C41H53F2NO4/c1-2-3-4-5-6-7-8-9-10-11-12-13-14-15-16-17-24-34(29-39(45)46)41(48)44-30-35(27-32-22-18-20-25-37(32)42)40(47)36(31-44)28-33-23-19-21-26-38(33)43/h17-28,34H,2-16,29-31H2,1H3,(H,45,46)/b24-17+,35-27+,36-28+. The maximum Gasteiger partial charge on any atom is 0.304 e. The highest BCUT2D eigenvalue weighted by molar-refractivity contribution is 6.15. The molecule has 1 fully saturated rings. The van der Waals surface area contributed by atoms with Crippen LogP contribution in [0.5, 0.6) is 0 Å². The summed E-state index contributed by atoms with van der Waals surface area (Å²) in [5.41, 5.74) is 0.719. The molecule has 0 saturated carbocycles. The molecule has 0 aliphatic carbocycles. The zero-order valence-corrected chi connectivity index (χ0v) is 28.6. The van der Waals surface area contributed by atoms with Crippen molar-refractivity contribution in [2.45, 2.75) is 110 Å². The van der Waals surface area contributed by atoms with Gasteiger partial charge in [-0.3, -0.25) is 14.4 Å². The topological polar surface area (TPSA) is 74.7 Å². The minimum absolute atomic E-state index is 0.108. The van der Waals surface area contributed by atoms with Crippen LogP contribution in [0.15, 0.2) is 71.8 Å². The average molecular weight is 662 g/mol. The Kier molecular flexibility index (Phi) is 17.6. The van der Waals surface area contributed by atoms with E-state index in [0.717, 1.165) is 19.3 Å². The zero-order chi connectivity index (χ0) is 34.6. The van der Waals surface area contributed by atoms with Crippen LogP contribution >= 0.6 is 0 Å². The molecule has 2 aromatic carbocycles. The first-order valence-corrected chi connectivity index (χ1v) is 17.9. The van der Waals surface area contributed by atoms with Gasteiger partial charge < -0.3 is 10.0 Å². The molecule has 0 radical (unpaired) electrons. The third kappa shape index (κ3) is 13.7. The number of nitrogens with zero attached hydrogens (tertiary/aromatic N) is 1. The Morgan fingerprint density at radius 3 is 1.60 bits per heavy atom. The molecule has 2 aromatic rings. The van der Waals surface area contributed by atoms with Gasteiger partial charge in [-0.2, -0.15) is 0 Å². The van der Waals surface area contributed by atoms with E-state index in [9.17, 15) is 28.3 Å². The molecule has 1 aliphatic heterocycles. The molecule has 0 bridgehead atoms. The number of rotatable bonds is 21. The lowest BCUT2D eigenvalue weighted by atomic mass is 9.92. The second-order valence-corrected chi connectivity index (χ2v) is 12.9. The number of hydrogen-bond donors (Lipinski definition) is 1. The number of Topliss-reactive ketones (excluding diaryl/α,β-unsaturated/α-hetero) is 1. The number of carboxylic acids is 1. The fourth-order valence-corrected chi connectivity index (χ4v) is 6.13. The molecule has 1 saturated heterocycles. The van der Waals surface area contributed by atoms with Crippen molar-refractivity contribution in [3.05, 3.63) is 94.6 Å². The van der Waals surface area contributed by atoms with Gasteiger partial charge in [0.1, 0.15) is 11.6 Å². The number of likely N-dealkylation sites (tertiary alicyclic amines) is 1. The average Bonchev–Trinajstić information content (AvgIpc) is 3.07. The van der Waals surface area contributed by atoms with E-state index in [1.165, 1.54) is 118 Å². The van der Waals surface area contributed by atoms with Gasteiger partial charge in [0.2, 0.25) is 5.91 Å². The molecule has 7 heteroatoms. The van der Waals surface area contributed by atoms with Gasteiger partial charge in [-0.05, 0) is 37.1 Å². The van der Waals surface area contributed by atoms with Crippen molar-refractivity contribution >= 4 is 29.8 Å². The monoisotopic (exact) mass is 661 g/mol. The summed E-state index contributed by atoms with van der Waals surface area (Å²) in [7, 11) is 0. The third-order valence-electron chi connectivity index (χ3n) is 8.89. The first kappa shape index (κ1) is 38.6. The molecule has 1 aliphatic rings. The van der Waals surface area contributed by atoms with E-state index in [2.05, 4.69) is 6.92 Å². The summed E-state index contributed by atoms with van der Waals surface area (Å²) < 4.78 is 29.0. The molecule has 48 heavy (non-hydrogen) atoms. The SMILES string of the molecule is CCCCCCCCCCCCCCCC/C=C/C(CC(=O)O)C(=O)N1C/C(=C\c2ccccc2F)C(=O)/C(=C/c2ccccc2F)C1. The van der Waals surface area contributed by atoms with Gasteiger partial charge in [0.25, 0.3) is 0 Å². The highest BCUT2D eigenvalue weighted by atomic mass is 19.1. The molecule has 1 unspecified atom stereocenters. The van der Waals surface area contributed by atoms with Crippen LogP contribution in [-0.4, -0.2) is 40.8 Å². The summed E-state index contributed by atoms with van der Waals surface area (Å²) in [5, 5.41) is 9.60. The van der Waals surface area contributed by atoms with E-state index in [1.54, 1.807) is 30.3 Å². The van der Waals surface area contributed by atoms with E-state index in [4.69, 9.17) is 0 Å². The minimum atomic E-state index is -1.10. The van der Waals surface area contributed by atoms with E-state index in [0.29, 0.717) is 0 Å². The molecule has 5 nitrogen and oxygen atoms in total. The minimum Gasteiger partial charge on any atom is -0.481 e. The van der Waals surface area contributed by atoms with Crippen LogP contribution in [0.3, 0.4) is 0 Å². The number of hydrogen-bond acceptors (Lipinski definition) is 3. The van der Waals surface area contributed by atoms with Gasteiger partial charge in [-0.25, -0.2) is 8.78 Å². The number of allylic oxidation sites excluding steroid dienone is 1. The molecule has 1 amide bonds. The quantitative estimate of drug-likeness (QED) is 0.0821. The summed E-state index contributed by atoms with van der Waals surface area (Å²) in [4.78, 5) is 40.4. The largest absolute Gasteiger partial charge is 0.481 e. The molecule has 260 valence electrons. The van der Waals surface area contributed by atoms with Crippen molar-refractivity contribution in [2.24, 2.45) is 5.92 Å². The number of carbonyl (C=O) groups is 3. The number of ketones is 1. The Labute approximate surface area is 285 Å². The normalized spacial score (nSPS) is 15.9. The molecule has 3 rings (SSSR count). The predicted octanol–water partition coefficient (Wildman–Crippen LogP) is 10.4. The summed E-state index contributed by atoms with van der Waals surface area (Å²) in [6.45, 7) is 2.03. The summed E-state index contributed by atoms with van der Waals surface area (Å²) in [6.07, 6.45) is 24.5. The van der Waals surface area contributed by atoms with E-state index in [-0.39, 0.29) is 35.4 Å². The number of carbonyl (C=O) groups excluding carboxylic acids is 2. The molecule has 1 atom stereocenters. The number of halogens is 2. The van der Waals surface area contributed by atoms with Crippen molar-refractivity contribution < 1.29 is 28.3 Å². The number of piperidine rings is 1. The van der Waals surface area contributed by atoms with Crippen LogP contribution in [0.1, 0.15) is 121 Å². The predicted molar refractivity (Wildman–Crippen MR) is 190 cm³/mol. The molecule has 0 aromatic heterocycles. The number of aliphatic carboxylic acids is 1. The molecule has 1 heterocycles. The zero-order valence-electron chi connectivity index (χ0n) is 28.6. The maximum atomic E-state index is 14.5. The lowest BCUT2D eigenvalue weighted by Gasteiger charge is -2.32. The van der Waals surface area contributed by atoms with Crippen molar-refractivity contribution in [1.82, 2.24) is 4.90 Å². The molecular weight excluding hydrogens is 608 g/mol. The summed E-state index contributed by atoms with van der Waals surface area (Å²) in [6, 6.07) is 12.0. The molecular formula is C41H53F2NO4. The van der Waals surface area contributed by atoms with Crippen LogP contribution in [0.25, 0.3) is 12.2 Å². The Balaban J connectivity index is 1.57. The lowest BCUT2D eigenvalue weighted by Crippen LogP contribution is -2.44. The smallest absolute Gasteiger partial charge is 0.304 e. The van der Waals surface area contributed by atoms with Crippen LogP contribution in [0.2, 0.25) is 0 Å².